The van der Waals surface area contributed by atoms with Crippen molar-refractivity contribution in [1.82, 2.24) is 0 Å². The van der Waals surface area contributed by atoms with Crippen LogP contribution in [-0.2, 0) is 19.0 Å². The fourth-order valence-corrected chi connectivity index (χ4v) is 9.08. The second-order valence-electron chi connectivity index (χ2n) is 6.21. The van der Waals surface area contributed by atoms with Crippen LogP contribution >= 0.6 is 63.7 Å². The summed E-state index contributed by atoms with van der Waals surface area (Å²) in [5.74, 6) is -1.39. The molecule has 138 valence electrons. The zero-order chi connectivity index (χ0) is 18.3. The average Bonchev–Trinajstić information content (AvgIpc) is 2.77. The van der Waals surface area contributed by atoms with Crippen LogP contribution in [0.3, 0.4) is 0 Å². The molecule has 2 bridgehead atoms. The molecule has 0 heterocycles. The summed E-state index contributed by atoms with van der Waals surface area (Å²) in [4.78, 5) is 11.8. The lowest BCUT2D eigenvalue weighted by atomic mass is 9.85. The van der Waals surface area contributed by atoms with Crippen LogP contribution < -0.4 is 0 Å². The van der Waals surface area contributed by atoms with E-state index < -0.39 is 20.5 Å². The molecule has 0 saturated heterocycles. The summed E-state index contributed by atoms with van der Waals surface area (Å²) in [7, 11) is 3.22. The van der Waals surface area contributed by atoms with Gasteiger partial charge in [-0.3, -0.25) is 4.79 Å². The van der Waals surface area contributed by atoms with Gasteiger partial charge in [-0.2, -0.15) is 0 Å². The van der Waals surface area contributed by atoms with Crippen LogP contribution in [0.25, 0.3) is 0 Å². The minimum absolute atomic E-state index is 0.0112. The Hall–Kier alpha value is 1.05. The van der Waals surface area contributed by atoms with E-state index >= 15 is 0 Å². The number of halogens is 4. The Labute approximate surface area is 176 Å². The standard InChI is InChI=1S/C16H22Br4O4/c1-5-6-7-8-10-13(24-9(2)21)15(20)12(18)11(17)14(10,19)16(15,22-3)23-4/h10,13H,5-8H2,1-4H3. The first-order valence-corrected chi connectivity index (χ1v) is 11.1. The predicted molar refractivity (Wildman–Crippen MR) is 108 cm³/mol. The number of hydrogen-bond acceptors (Lipinski definition) is 4. The molecule has 4 unspecified atom stereocenters. The Morgan fingerprint density at radius 2 is 1.62 bits per heavy atom. The van der Waals surface area contributed by atoms with Gasteiger partial charge in [0.1, 0.15) is 10.4 Å². The number of methoxy groups -OCH3 is 2. The number of esters is 1. The summed E-state index contributed by atoms with van der Waals surface area (Å²) in [5.41, 5.74) is 0. The lowest BCUT2D eigenvalue weighted by molar-refractivity contribution is -0.217. The third kappa shape index (κ3) is 2.57. The molecule has 8 heteroatoms. The van der Waals surface area contributed by atoms with Gasteiger partial charge in [-0.15, -0.1) is 0 Å². The highest BCUT2D eigenvalue weighted by molar-refractivity contribution is 9.16. The van der Waals surface area contributed by atoms with Gasteiger partial charge in [-0.25, -0.2) is 0 Å². The van der Waals surface area contributed by atoms with E-state index in [9.17, 15) is 4.79 Å². The van der Waals surface area contributed by atoms with E-state index in [-0.39, 0.29) is 11.9 Å². The Morgan fingerprint density at radius 1 is 1.08 bits per heavy atom. The Morgan fingerprint density at radius 3 is 2.08 bits per heavy atom. The minimum Gasteiger partial charge on any atom is -0.460 e. The van der Waals surface area contributed by atoms with Crippen LogP contribution in [0.1, 0.15) is 39.5 Å². The van der Waals surface area contributed by atoms with Gasteiger partial charge in [0, 0.05) is 36.0 Å². The van der Waals surface area contributed by atoms with Crippen molar-refractivity contribution >= 4 is 69.7 Å². The van der Waals surface area contributed by atoms with Crippen molar-refractivity contribution in [2.75, 3.05) is 14.2 Å². The molecule has 0 aromatic heterocycles. The number of unbranched alkanes of at least 4 members (excludes halogenated alkanes) is 2. The maximum absolute atomic E-state index is 11.8. The smallest absolute Gasteiger partial charge is 0.302 e. The van der Waals surface area contributed by atoms with Gasteiger partial charge in [-0.05, 0) is 6.42 Å². The van der Waals surface area contributed by atoms with Gasteiger partial charge in [0.15, 0.2) is 4.32 Å². The van der Waals surface area contributed by atoms with E-state index in [1.165, 1.54) is 6.92 Å². The molecule has 4 nitrogen and oxygen atoms in total. The molecule has 0 radical (unpaired) electrons. The molecule has 0 aliphatic heterocycles. The molecule has 1 fully saturated rings. The van der Waals surface area contributed by atoms with Gasteiger partial charge in [0.2, 0.25) is 5.79 Å². The van der Waals surface area contributed by atoms with E-state index in [1.807, 2.05) is 0 Å². The van der Waals surface area contributed by atoms with Crippen molar-refractivity contribution in [2.24, 2.45) is 5.92 Å². The minimum atomic E-state index is -1.06. The second-order valence-corrected chi connectivity index (χ2v) is 10.3. The molecule has 4 atom stereocenters. The summed E-state index contributed by atoms with van der Waals surface area (Å²) >= 11 is 15.1. The Bertz CT molecular complexity index is 548. The highest BCUT2D eigenvalue weighted by atomic mass is 79.9. The van der Waals surface area contributed by atoms with Gasteiger partial charge >= 0.3 is 5.97 Å². The van der Waals surface area contributed by atoms with Gasteiger partial charge in [0.05, 0.1) is 0 Å². The summed E-state index contributed by atoms with van der Waals surface area (Å²) in [6.07, 6.45) is 3.74. The third-order valence-corrected chi connectivity index (χ3v) is 11.6. The van der Waals surface area contributed by atoms with Crippen molar-refractivity contribution in [1.29, 1.82) is 0 Å². The number of carbonyl (C=O) groups excluding carboxylic acids is 1. The maximum atomic E-state index is 11.8. The molecule has 2 aliphatic rings. The van der Waals surface area contributed by atoms with Gasteiger partial charge in [0.25, 0.3) is 0 Å². The molecule has 24 heavy (non-hydrogen) atoms. The summed E-state index contributed by atoms with van der Waals surface area (Å²) in [6, 6.07) is 0. The van der Waals surface area contributed by atoms with E-state index in [2.05, 4.69) is 70.6 Å². The van der Waals surface area contributed by atoms with Crippen molar-refractivity contribution in [3.8, 4) is 0 Å². The molecular formula is C16H22Br4O4. The van der Waals surface area contributed by atoms with Crippen LogP contribution in [0.15, 0.2) is 8.96 Å². The second kappa shape index (κ2) is 7.58. The van der Waals surface area contributed by atoms with Crippen LogP contribution in [0, 0.1) is 5.92 Å². The number of rotatable bonds is 7. The summed E-state index contributed by atoms with van der Waals surface area (Å²) in [6.45, 7) is 3.60. The molecule has 1 saturated carbocycles. The fraction of sp³-hybridized carbons (Fsp3) is 0.812. The monoisotopic (exact) mass is 594 g/mol. The summed E-state index contributed by atoms with van der Waals surface area (Å²) in [5, 5.41) is 0. The van der Waals surface area contributed by atoms with Crippen LogP contribution in [0.4, 0.5) is 0 Å². The predicted octanol–water partition coefficient (Wildman–Crippen LogP) is 5.40. The lowest BCUT2D eigenvalue weighted by Crippen LogP contribution is -2.57. The normalized spacial score (nSPS) is 37.2. The van der Waals surface area contributed by atoms with Crippen molar-refractivity contribution in [3.63, 3.8) is 0 Å². The molecule has 0 N–H and O–H groups in total. The molecular weight excluding hydrogens is 576 g/mol. The average molecular weight is 598 g/mol. The zero-order valence-electron chi connectivity index (χ0n) is 14.1. The number of alkyl halides is 2. The Balaban J connectivity index is 2.60. The SMILES string of the molecule is CCCCCC1C(OC(C)=O)C2(Br)C(Br)=C(Br)C1(Br)C2(OC)OC. The quantitative estimate of drug-likeness (QED) is 0.171. The van der Waals surface area contributed by atoms with Crippen molar-refractivity contribution in [2.45, 2.75) is 60.1 Å². The Kier molecular flexibility index (Phi) is 6.75. The van der Waals surface area contributed by atoms with Gasteiger partial charge in [-0.1, -0.05) is 89.9 Å². The molecule has 2 aliphatic carbocycles. The first-order chi connectivity index (χ1) is 11.2. The highest BCUT2D eigenvalue weighted by Crippen LogP contribution is 2.74. The molecule has 0 spiro atoms. The van der Waals surface area contributed by atoms with Crippen molar-refractivity contribution in [3.05, 3.63) is 8.96 Å². The molecule has 0 aromatic rings. The number of carbonyl (C=O) groups is 1. The number of ether oxygens (including phenoxy) is 3. The topological polar surface area (TPSA) is 44.8 Å². The zero-order valence-corrected chi connectivity index (χ0v) is 20.5. The number of fused-ring (bicyclic) bond motifs is 2. The first kappa shape index (κ1) is 21.4. The van der Waals surface area contributed by atoms with E-state index in [0.717, 1.165) is 34.6 Å². The van der Waals surface area contributed by atoms with Gasteiger partial charge < -0.3 is 14.2 Å². The lowest BCUT2D eigenvalue weighted by Gasteiger charge is -2.41. The molecule has 0 amide bonds. The molecule has 2 rings (SSSR count). The summed E-state index contributed by atoms with van der Waals surface area (Å²) < 4.78 is 17.9. The van der Waals surface area contributed by atoms with E-state index in [0.29, 0.717) is 0 Å². The first-order valence-electron chi connectivity index (χ1n) is 7.90. The van der Waals surface area contributed by atoms with E-state index in [4.69, 9.17) is 14.2 Å². The van der Waals surface area contributed by atoms with Crippen molar-refractivity contribution < 1.29 is 19.0 Å². The van der Waals surface area contributed by atoms with Crippen LogP contribution in [0.5, 0.6) is 0 Å². The van der Waals surface area contributed by atoms with E-state index in [1.54, 1.807) is 14.2 Å². The van der Waals surface area contributed by atoms with Crippen LogP contribution in [-0.4, -0.2) is 40.7 Å². The maximum Gasteiger partial charge on any atom is 0.302 e. The van der Waals surface area contributed by atoms with Crippen LogP contribution in [0.2, 0.25) is 0 Å². The largest absolute Gasteiger partial charge is 0.460 e. The fourth-order valence-electron chi connectivity index (χ4n) is 4.06. The highest BCUT2D eigenvalue weighted by Gasteiger charge is 2.84. The number of hydrogen-bond donors (Lipinski definition) is 0. The third-order valence-electron chi connectivity index (χ3n) is 5.04. The molecule has 0 aromatic carbocycles.